The van der Waals surface area contributed by atoms with Crippen molar-refractivity contribution in [3.05, 3.63) is 36.4 Å². The molecule has 1 N–H and O–H groups in total. The number of hydrogen-bond donors (Lipinski definition) is 1. The summed E-state index contributed by atoms with van der Waals surface area (Å²) in [5.41, 5.74) is 0. The lowest BCUT2D eigenvalue weighted by atomic mass is 9.96. The second-order valence-electron chi connectivity index (χ2n) is 8.76. The Labute approximate surface area is 210 Å². The van der Waals surface area contributed by atoms with Crippen molar-refractivity contribution in [2.45, 2.75) is 48.6 Å². The Hall–Kier alpha value is -3.01. The molecule has 4 rings (SSSR count). The molecule has 2 saturated heterocycles. The van der Waals surface area contributed by atoms with Gasteiger partial charge in [0, 0.05) is 37.1 Å². The van der Waals surface area contributed by atoms with Gasteiger partial charge in [-0.1, -0.05) is 17.8 Å². The summed E-state index contributed by atoms with van der Waals surface area (Å²) in [6.45, 7) is 4.89. The number of amides is 2. The van der Waals surface area contributed by atoms with E-state index in [1.807, 2.05) is 36.4 Å². The molecular formula is C25H33N5O4S. The summed E-state index contributed by atoms with van der Waals surface area (Å²) in [6, 6.07) is 11.9. The maximum Gasteiger partial charge on any atom is 0.409 e. The molecule has 2 amide bonds. The van der Waals surface area contributed by atoms with Crippen molar-refractivity contribution in [1.29, 1.82) is 0 Å². The molecule has 2 aromatic rings. The highest BCUT2D eigenvalue weighted by molar-refractivity contribution is 7.99. The van der Waals surface area contributed by atoms with Crippen LogP contribution in [0, 0.1) is 5.92 Å². The predicted molar refractivity (Wildman–Crippen MR) is 134 cm³/mol. The minimum atomic E-state index is -0.269. The SMILES string of the molecule is CCOC(=O)N1CCC(NC(=O)C2CCCN(c3ccc(Sc4cccc(OC)c4)nn3)C2)CC1. The maximum absolute atomic E-state index is 13.0. The number of hydrogen-bond acceptors (Lipinski definition) is 8. The number of anilines is 1. The summed E-state index contributed by atoms with van der Waals surface area (Å²) in [7, 11) is 1.65. The van der Waals surface area contributed by atoms with Crippen LogP contribution in [0.3, 0.4) is 0 Å². The van der Waals surface area contributed by atoms with Gasteiger partial charge in [0.05, 0.1) is 19.6 Å². The van der Waals surface area contributed by atoms with E-state index in [1.54, 1.807) is 18.9 Å². The Morgan fingerprint density at radius 2 is 1.94 bits per heavy atom. The first-order chi connectivity index (χ1) is 17.1. The van der Waals surface area contributed by atoms with Crippen LogP contribution in [0.5, 0.6) is 5.75 Å². The summed E-state index contributed by atoms with van der Waals surface area (Å²) in [5, 5.41) is 12.8. The first-order valence-corrected chi connectivity index (χ1v) is 13.0. The minimum absolute atomic E-state index is 0.0838. The number of methoxy groups -OCH3 is 1. The van der Waals surface area contributed by atoms with Crippen molar-refractivity contribution in [1.82, 2.24) is 20.4 Å². The quantitative estimate of drug-likeness (QED) is 0.617. The topological polar surface area (TPSA) is 96.9 Å². The third kappa shape index (κ3) is 6.78. The Kier molecular flexibility index (Phi) is 8.68. The van der Waals surface area contributed by atoms with Crippen LogP contribution < -0.4 is 15.0 Å². The van der Waals surface area contributed by atoms with Crippen molar-refractivity contribution in [3.8, 4) is 5.75 Å². The molecule has 10 heteroatoms. The summed E-state index contributed by atoms with van der Waals surface area (Å²) >= 11 is 1.53. The lowest BCUT2D eigenvalue weighted by Crippen LogP contribution is -2.50. The summed E-state index contributed by atoms with van der Waals surface area (Å²) in [6.07, 6.45) is 3.02. The standard InChI is InChI=1S/C25H33N5O4S/c1-3-34-25(32)29-14-11-19(12-15-29)26-24(31)18-6-5-13-30(17-18)22-9-10-23(28-27-22)35-21-8-4-7-20(16-21)33-2/h4,7-10,16,18-19H,3,5-6,11-15,17H2,1-2H3,(H,26,31). The second kappa shape index (κ2) is 12.1. The van der Waals surface area contributed by atoms with E-state index in [9.17, 15) is 9.59 Å². The van der Waals surface area contributed by atoms with Gasteiger partial charge in [0.15, 0.2) is 5.82 Å². The molecule has 0 aliphatic carbocycles. The smallest absolute Gasteiger partial charge is 0.409 e. The van der Waals surface area contributed by atoms with Crippen LogP contribution in [-0.2, 0) is 9.53 Å². The molecule has 2 aliphatic rings. The third-order valence-corrected chi connectivity index (χ3v) is 7.29. The first kappa shape index (κ1) is 25.1. The largest absolute Gasteiger partial charge is 0.497 e. The van der Waals surface area contributed by atoms with Gasteiger partial charge in [0.2, 0.25) is 5.91 Å². The average Bonchev–Trinajstić information content (AvgIpc) is 2.90. The van der Waals surface area contributed by atoms with Gasteiger partial charge in [-0.05, 0) is 62.9 Å². The van der Waals surface area contributed by atoms with E-state index in [4.69, 9.17) is 9.47 Å². The number of nitrogens with one attached hydrogen (secondary N) is 1. The highest BCUT2D eigenvalue weighted by Gasteiger charge is 2.30. The molecule has 0 bridgehead atoms. The minimum Gasteiger partial charge on any atom is -0.497 e. The second-order valence-corrected chi connectivity index (χ2v) is 9.86. The van der Waals surface area contributed by atoms with Gasteiger partial charge in [-0.15, -0.1) is 10.2 Å². The van der Waals surface area contributed by atoms with Crippen LogP contribution in [0.4, 0.5) is 10.6 Å². The fourth-order valence-corrected chi connectivity index (χ4v) is 5.24. The van der Waals surface area contributed by atoms with Gasteiger partial charge in [-0.25, -0.2) is 4.79 Å². The van der Waals surface area contributed by atoms with E-state index in [-0.39, 0.29) is 24.0 Å². The molecule has 35 heavy (non-hydrogen) atoms. The van der Waals surface area contributed by atoms with Crippen LogP contribution in [-0.4, -0.2) is 73.0 Å². The third-order valence-electron chi connectivity index (χ3n) is 6.37. The number of likely N-dealkylation sites (tertiary alicyclic amines) is 1. The van der Waals surface area contributed by atoms with Crippen LogP contribution in [0.2, 0.25) is 0 Å². The average molecular weight is 500 g/mol. The number of carbonyl (C=O) groups is 2. The molecule has 1 aromatic carbocycles. The Morgan fingerprint density at radius 3 is 2.66 bits per heavy atom. The van der Waals surface area contributed by atoms with Gasteiger partial charge in [0.1, 0.15) is 10.8 Å². The van der Waals surface area contributed by atoms with Crippen molar-refractivity contribution in [2.75, 3.05) is 44.8 Å². The maximum atomic E-state index is 13.0. The van der Waals surface area contributed by atoms with E-state index >= 15 is 0 Å². The van der Waals surface area contributed by atoms with Crippen LogP contribution in [0.15, 0.2) is 46.3 Å². The van der Waals surface area contributed by atoms with Crippen molar-refractivity contribution >= 4 is 29.6 Å². The zero-order chi connectivity index (χ0) is 24.6. The number of nitrogens with zero attached hydrogens (tertiary/aromatic N) is 4. The highest BCUT2D eigenvalue weighted by Crippen LogP contribution is 2.29. The first-order valence-electron chi connectivity index (χ1n) is 12.2. The molecule has 1 atom stereocenters. The predicted octanol–water partition coefficient (Wildman–Crippen LogP) is 3.59. The molecule has 2 aliphatic heterocycles. The number of aromatic nitrogens is 2. The van der Waals surface area contributed by atoms with E-state index in [1.165, 1.54) is 11.8 Å². The molecule has 0 saturated carbocycles. The van der Waals surface area contributed by atoms with Crippen LogP contribution in [0.25, 0.3) is 0 Å². The van der Waals surface area contributed by atoms with Crippen LogP contribution >= 0.6 is 11.8 Å². The Morgan fingerprint density at radius 1 is 1.11 bits per heavy atom. The van der Waals surface area contributed by atoms with Crippen molar-refractivity contribution < 1.29 is 19.1 Å². The molecule has 188 valence electrons. The molecule has 1 aromatic heterocycles. The fraction of sp³-hybridized carbons (Fsp3) is 0.520. The van der Waals surface area contributed by atoms with Crippen LogP contribution in [0.1, 0.15) is 32.6 Å². The van der Waals surface area contributed by atoms with E-state index in [0.717, 1.165) is 53.7 Å². The number of benzene rings is 1. The summed E-state index contributed by atoms with van der Waals surface area (Å²) < 4.78 is 10.4. The fourth-order valence-electron chi connectivity index (χ4n) is 4.46. The number of rotatable bonds is 7. The van der Waals surface area contributed by atoms with E-state index in [0.29, 0.717) is 26.2 Å². The summed E-state index contributed by atoms with van der Waals surface area (Å²) in [5.74, 6) is 1.60. The lowest BCUT2D eigenvalue weighted by molar-refractivity contribution is -0.126. The molecular weight excluding hydrogens is 466 g/mol. The number of carbonyl (C=O) groups excluding carboxylic acids is 2. The molecule has 0 radical (unpaired) electrons. The molecule has 9 nitrogen and oxygen atoms in total. The highest BCUT2D eigenvalue weighted by atomic mass is 32.2. The molecule has 1 unspecified atom stereocenters. The zero-order valence-corrected chi connectivity index (χ0v) is 21.1. The number of ether oxygens (including phenoxy) is 2. The van der Waals surface area contributed by atoms with Gasteiger partial charge in [-0.3, -0.25) is 4.79 Å². The zero-order valence-electron chi connectivity index (χ0n) is 20.3. The van der Waals surface area contributed by atoms with Gasteiger partial charge in [0.25, 0.3) is 0 Å². The molecule has 2 fully saturated rings. The normalized spacial score (nSPS) is 18.7. The monoisotopic (exact) mass is 499 g/mol. The van der Waals surface area contributed by atoms with Gasteiger partial charge >= 0.3 is 6.09 Å². The lowest BCUT2D eigenvalue weighted by Gasteiger charge is -2.35. The Bertz CT molecular complexity index is 998. The number of piperidine rings is 2. The van der Waals surface area contributed by atoms with Crippen molar-refractivity contribution in [3.63, 3.8) is 0 Å². The molecule has 3 heterocycles. The van der Waals surface area contributed by atoms with Gasteiger partial charge in [-0.2, -0.15) is 0 Å². The Balaban J connectivity index is 1.27. The molecule has 0 spiro atoms. The summed E-state index contributed by atoms with van der Waals surface area (Å²) in [4.78, 5) is 29.7. The van der Waals surface area contributed by atoms with E-state index in [2.05, 4.69) is 20.4 Å². The van der Waals surface area contributed by atoms with Gasteiger partial charge < -0.3 is 24.6 Å². The van der Waals surface area contributed by atoms with E-state index < -0.39 is 0 Å². The van der Waals surface area contributed by atoms with Crippen molar-refractivity contribution in [2.24, 2.45) is 5.92 Å².